The summed E-state index contributed by atoms with van der Waals surface area (Å²) in [7, 11) is 0. The van der Waals surface area contributed by atoms with Crippen LogP contribution < -0.4 is 11.4 Å². The van der Waals surface area contributed by atoms with Crippen LogP contribution in [0.25, 0.3) is 22.1 Å². The number of carbonyl (C=O) groups is 1. The van der Waals surface area contributed by atoms with Crippen LogP contribution in [0.3, 0.4) is 0 Å². The van der Waals surface area contributed by atoms with Crippen LogP contribution in [0, 0.1) is 0 Å². The van der Waals surface area contributed by atoms with Gasteiger partial charge >= 0.3 is 5.63 Å². The molecule has 0 aliphatic heterocycles. The van der Waals surface area contributed by atoms with Crippen molar-refractivity contribution >= 4 is 16.9 Å². The fourth-order valence-corrected chi connectivity index (χ4v) is 2.21. The minimum Gasteiger partial charge on any atom is -0.508 e. The number of hydrogen-bond acceptors (Lipinski definition) is 4. The summed E-state index contributed by atoms with van der Waals surface area (Å²) in [6.07, 6.45) is 0. The Bertz CT molecular complexity index is 912. The minimum atomic E-state index is -0.658. The predicted octanol–water partition coefficient (Wildman–Crippen LogP) is 2.26. The molecule has 5 heteroatoms. The maximum atomic E-state index is 12.1. The van der Waals surface area contributed by atoms with Gasteiger partial charge in [0.1, 0.15) is 5.75 Å². The number of benzene rings is 2. The number of rotatable bonds is 2. The van der Waals surface area contributed by atoms with Crippen LogP contribution in [0.5, 0.6) is 5.75 Å². The van der Waals surface area contributed by atoms with E-state index in [1.807, 2.05) is 0 Å². The van der Waals surface area contributed by atoms with E-state index in [0.29, 0.717) is 16.5 Å². The first kappa shape index (κ1) is 12.9. The smallest absolute Gasteiger partial charge is 0.344 e. The average molecular weight is 281 g/mol. The van der Waals surface area contributed by atoms with Gasteiger partial charge in [0.25, 0.3) is 5.91 Å². The number of amides is 1. The first-order valence-electron chi connectivity index (χ1n) is 6.22. The molecule has 0 aliphatic rings. The van der Waals surface area contributed by atoms with Crippen molar-refractivity contribution in [1.82, 2.24) is 0 Å². The van der Waals surface area contributed by atoms with Crippen molar-refractivity contribution in [2.45, 2.75) is 0 Å². The highest BCUT2D eigenvalue weighted by Gasteiger charge is 2.13. The van der Waals surface area contributed by atoms with Crippen LogP contribution in [-0.2, 0) is 0 Å². The van der Waals surface area contributed by atoms with E-state index in [-0.39, 0.29) is 16.9 Å². The molecule has 3 aromatic rings. The van der Waals surface area contributed by atoms with Gasteiger partial charge in [-0.2, -0.15) is 0 Å². The summed E-state index contributed by atoms with van der Waals surface area (Å²) in [5.74, 6) is -0.605. The van der Waals surface area contributed by atoms with Gasteiger partial charge in [-0.15, -0.1) is 0 Å². The van der Waals surface area contributed by atoms with Crippen molar-refractivity contribution in [3.05, 3.63) is 64.5 Å². The van der Waals surface area contributed by atoms with Gasteiger partial charge in [0.2, 0.25) is 0 Å². The Hall–Kier alpha value is -3.08. The maximum Gasteiger partial charge on any atom is 0.344 e. The third kappa shape index (κ3) is 2.25. The van der Waals surface area contributed by atoms with Gasteiger partial charge in [0.05, 0.1) is 11.1 Å². The lowest BCUT2D eigenvalue weighted by atomic mass is 10.0. The number of carbonyl (C=O) groups excluding carboxylic acids is 1. The van der Waals surface area contributed by atoms with Crippen LogP contribution in [0.1, 0.15) is 10.4 Å². The molecular formula is C16H11NO4. The zero-order chi connectivity index (χ0) is 15.0. The Morgan fingerprint density at radius 2 is 1.86 bits per heavy atom. The van der Waals surface area contributed by atoms with Crippen molar-refractivity contribution in [2.24, 2.45) is 5.73 Å². The van der Waals surface area contributed by atoms with E-state index in [9.17, 15) is 14.7 Å². The maximum absolute atomic E-state index is 12.1. The lowest BCUT2D eigenvalue weighted by Crippen LogP contribution is -2.12. The Labute approximate surface area is 119 Å². The number of phenols is 1. The Morgan fingerprint density at radius 1 is 1.10 bits per heavy atom. The van der Waals surface area contributed by atoms with Crippen LogP contribution in [0.2, 0.25) is 0 Å². The van der Waals surface area contributed by atoms with E-state index >= 15 is 0 Å². The standard InChI is InChI=1S/C16H11NO4/c17-15(19)12-6-2-4-10-8-13(16(20)21-14(10)12)9-3-1-5-11(18)7-9/h1-8,18H,(H2,17,19). The van der Waals surface area contributed by atoms with Gasteiger partial charge < -0.3 is 15.3 Å². The van der Waals surface area contributed by atoms with Gasteiger partial charge in [-0.25, -0.2) is 4.79 Å². The predicted molar refractivity (Wildman–Crippen MR) is 78.1 cm³/mol. The van der Waals surface area contributed by atoms with Crippen LogP contribution in [0.15, 0.2) is 57.7 Å². The highest BCUT2D eigenvalue weighted by atomic mass is 16.4. The molecule has 3 N–H and O–H groups in total. The summed E-state index contributed by atoms with van der Waals surface area (Å²) >= 11 is 0. The summed E-state index contributed by atoms with van der Waals surface area (Å²) in [6, 6.07) is 12.8. The molecule has 0 bridgehead atoms. The normalized spacial score (nSPS) is 10.7. The molecule has 0 unspecified atom stereocenters. The molecule has 0 spiro atoms. The number of aromatic hydroxyl groups is 1. The second-order valence-corrected chi connectivity index (χ2v) is 4.59. The Kier molecular flexibility index (Phi) is 2.95. The first-order valence-corrected chi connectivity index (χ1v) is 6.22. The third-order valence-electron chi connectivity index (χ3n) is 3.18. The summed E-state index contributed by atoms with van der Waals surface area (Å²) in [5.41, 5.74) is 5.84. The van der Waals surface area contributed by atoms with Gasteiger partial charge in [-0.05, 0) is 29.8 Å². The van der Waals surface area contributed by atoms with Crippen molar-refractivity contribution in [1.29, 1.82) is 0 Å². The number of fused-ring (bicyclic) bond motifs is 1. The highest BCUT2D eigenvalue weighted by molar-refractivity contribution is 6.04. The largest absolute Gasteiger partial charge is 0.508 e. The fourth-order valence-electron chi connectivity index (χ4n) is 2.21. The SMILES string of the molecule is NC(=O)c1cccc2cc(-c3cccc(O)c3)c(=O)oc12. The zero-order valence-electron chi connectivity index (χ0n) is 10.9. The molecule has 1 amide bonds. The van der Waals surface area contributed by atoms with E-state index < -0.39 is 11.5 Å². The van der Waals surface area contributed by atoms with E-state index in [1.165, 1.54) is 18.2 Å². The summed E-state index contributed by atoms with van der Waals surface area (Å²) < 4.78 is 5.24. The molecule has 0 atom stereocenters. The van der Waals surface area contributed by atoms with E-state index in [1.54, 1.807) is 30.3 Å². The minimum absolute atomic E-state index is 0.0536. The van der Waals surface area contributed by atoms with Gasteiger partial charge in [0, 0.05) is 5.39 Å². The van der Waals surface area contributed by atoms with Gasteiger partial charge in [0.15, 0.2) is 5.58 Å². The topological polar surface area (TPSA) is 93.5 Å². The van der Waals surface area contributed by atoms with Gasteiger partial charge in [-0.3, -0.25) is 4.79 Å². The summed E-state index contributed by atoms with van der Waals surface area (Å²) in [5, 5.41) is 10.1. The molecule has 3 rings (SSSR count). The first-order chi connectivity index (χ1) is 10.1. The number of primary amides is 1. The van der Waals surface area contributed by atoms with E-state index in [0.717, 1.165) is 0 Å². The Balaban J connectivity index is 2.30. The highest BCUT2D eigenvalue weighted by Crippen LogP contribution is 2.25. The number of para-hydroxylation sites is 1. The van der Waals surface area contributed by atoms with Crippen molar-refractivity contribution in [2.75, 3.05) is 0 Å². The molecule has 0 saturated heterocycles. The quantitative estimate of drug-likeness (QED) is 0.704. The van der Waals surface area contributed by atoms with Gasteiger partial charge in [-0.1, -0.05) is 24.3 Å². The monoisotopic (exact) mass is 281 g/mol. The molecule has 0 aliphatic carbocycles. The third-order valence-corrected chi connectivity index (χ3v) is 3.18. The Morgan fingerprint density at radius 3 is 2.57 bits per heavy atom. The molecule has 0 saturated carbocycles. The number of hydrogen-bond donors (Lipinski definition) is 2. The van der Waals surface area contributed by atoms with Crippen molar-refractivity contribution in [3.63, 3.8) is 0 Å². The molecule has 2 aromatic carbocycles. The molecule has 0 radical (unpaired) electrons. The molecule has 21 heavy (non-hydrogen) atoms. The summed E-state index contributed by atoms with van der Waals surface area (Å²) in [4.78, 5) is 23.5. The fraction of sp³-hybridized carbons (Fsp3) is 0. The molecule has 0 fully saturated rings. The van der Waals surface area contributed by atoms with Crippen LogP contribution in [0.4, 0.5) is 0 Å². The van der Waals surface area contributed by atoms with Crippen molar-refractivity contribution in [3.8, 4) is 16.9 Å². The lowest BCUT2D eigenvalue weighted by molar-refractivity contribution is 0.100. The molecule has 104 valence electrons. The molecule has 1 heterocycles. The van der Waals surface area contributed by atoms with Crippen LogP contribution in [-0.4, -0.2) is 11.0 Å². The number of phenolic OH excluding ortho intramolecular Hbond substituents is 1. The van der Waals surface area contributed by atoms with E-state index in [4.69, 9.17) is 10.2 Å². The second kappa shape index (κ2) is 4.79. The van der Waals surface area contributed by atoms with Crippen molar-refractivity contribution < 1.29 is 14.3 Å². The molecule has 1 aromatic heterocycles. The molecular weight excluding hydrogens is 270 g/mol. The zero-order valence-corrected chi connectivity index (χ0v) is 10.9. The van der Waals surface area contributed by atoms with Crippen LogP contribution >= 0.6 is 0 Å². The molecule has 5 nitrogen and oxygen atoms in total. The summed E-state index contributed by atoms with van der Waals surface area (Å²) in [6.45, 7) is 0. The average Bonchev–Trinajstić information content (AvgIpc) is 2.45. The lowest BCUT2D eigenvalue weighted by Gasteiger charge is -2.05. The second-order valence-electron chi connectivity index (χ2n) is 4.59. The van der Waals surface area contributed by atoms with E-state index in [2.05, 4.69) is 0 Å². The number of nitrogens with two attached hydrogens (primary N) is 1.